The van der Waals surface area contributed by atoms with Gasteiger partial charge in [-0.1, -0.05) is 27.7 Å². The van der Waals surface area contributed by atoms with Gasteiger partial charge in [-0.2, -0.15) is 5.10 Å². The van der Waals surface area contributed by atoms with E-state index in [-0.39, 0.29) is 17.6 Å². The van der Waals surface area contributed by atoms with E-state index in [1.54, 1.807) is 0 Å². The van der Waals surface area contributed by atoms with Crippen LogP contribution in [-0.4, -0.2) is 28.5 Å². The van der Waals surface area contributed by atoms with Crippen molar-refractivity contribution in [1.29, 1.82) is 0 Å². The van der Waals surface area contributed by atoms with Crippen LogP contribution in [0.3, 0.4) is 0 Å². The number of hydrazine groups is 1. The number of hydrogen-bond donors (Lipinski definition) is 2. The normalized spacial score (nSPS) is 16.7. The van der Waals surface area contributed by atoms with Crippen molar-refractivity contribution < 1.29 is 4.74 Å². The van der Waals surface area contributed by atoms with Crippen molar-refractivity contribution in [3.63, 3.8) is 0 Å². The number of ether oxygens (including phenoxy) is 1. The van der Waals surface area contributed by atoms with Gasteiger partial charge in [-0.3, -0.25) is 16.0 Å². The van der Waals surface area contributed by atoms with Gasteiger partial charge in [0.1, 0.15) is 0 Å². The molecule has 21 heavy (non-hydrogen) atoms. The van der Waals surface area contributed by atoms with E-state index in [0.29, 0.717) is 12.6 Å². The Labute approximate surface area is 129 Å². The molecular formula is C16H32N4O. The Morgan fingerprint density at radius 1 is 1.38 bits per heavy atom. The molecule has 0 fully saturated rings. The minimum absolute atomic E-state index is 0.0202. The molecule has 0 aliphatic carbocycles. The largest absolute Gasteiger partial charge is 0.376 e. The zero-order valence-corrected chi connectivity index (χ0v) is 14.4. The van der Waals surface area contributed by atoms with Gasteiger partial charge in [0.05, 0.1) is 17.8 Å². The van der Waals surface area contributed by atoms with Gasteiger partial charge in [-0.05, 0) is 31.7 Å². The standard InChI is InChI=1S/C16H32N4O/c1-7-12(3)20-10-9-13(19-20)11-14(18-17)15(21-8-2)16(4,5)6/h9-10,12,14-15,18H,7-8,11,17H2,1-6H3. The van der Waals surface area contributed by atoms with E-state index in [0.717, 1.165) is 18.5 Å². The second-order valence-corrected chi connectivity index (χ2v) is 6.76. The first-order valence-electron chi connectivity index (χ1n) is 7.95. The van der Waals surface area contributed by atoms with Crippen LogP contribution >= 0.6 is 0 Å². The minimum Gasteiger partial charge on any atom is -0.376 e. The van der Waals surface area contributed by atoms with E-state index in [4.69, 9.17) is 10.6 Å². The summed E-state index contributed by atoms with van der Waals surface area (Å²) in [4.78, 5) is 0. The monoisotopic (exact) mass is 296 g/mol. The topological polar surface area (TPSA) is 65.1 Å². The maximum absolute atomic E-state index is 5.93. The summed E-state index contributed by atoms with van der Waals surface area (Å²) in [6.45, 7) is 13.6. The third kappa shape index (κ3) is 5.09. The number of nitrogens with one attached hydrogen (secondary N) is 1. The molecule has 1 aromatic heterocycles. The minimum atomic E-state index is 0.0202. The Kier molecular flexibility index (Phi) is 6.84. The Morgan fingerprint density at radius 2 is 2.05 bits per heavy atom. The Morgan fingerprint density at radius 3 is 2.52 bits per heavy atom. The second-order valence-electron chi connectivity index (χ2n) is 6.76. The van der Waals surface area contributed by atoms with Crippen molar-refractivity contribution in [3.8, 4) is 0 Å². The summed E-state index contributed by atoms with van der Waals surface area (Å²) >= 11 is 0. The molecule has 0 bridgehead atoms. The van der Waals surface area contributed by atoms with Gasteiger partial charge in [-0.25, -0.2) is 0 Å². The van der Waals surface area contributed by atoms with Crippen LogP contribution in [0.15, 0.2) is 12.3 Å². The van der Waals surface area contributed by atoms with Crippen molar-refractivity contribution in [3.05, 3.63) is 18.0 Å². The summed E-state index contributed by atoms with van der Waals surface area (Å²) in [5.41, 5.74) is 3.99. The van der Waals surface area contributed by atoms with Gasteiger partial charge in [0, 0.05) is 25.3 Å². The lowest BCUT2D eigenvalue weighted by atomic mass is 9.83. The molecule has 0 saturated carbocycles. The fraction of sp³-hybridized carbons (Fsp3) is 0.812. The average molecular weight is 296 g/mol. The summed E-state index contributed by atoms with van der Waals surface area (Å²) < 4.78 is 7.95. The van der Waals surface area contributed by atoms with Gasteiger partial charge >= 0.3 is 0 Å². The predicted molar refractivity (Wildman–Crippen MR) is 86.9 cm³/mol. The first kappa shape index (κ1) is 18.1. The summed E-state index contributed by atoms with van der Waals surface area (Å²) in [5.74, 6) is 5.78. The Balaban J connectivity index is 2.82. The number of nitrogens with two attached hydrogens (primary N) is 1. The molecule has 122 valence electrons. The van der Waals surface area contributed by atoms with Crippen LogP contribution in [0, 0.1) is 5.41 Å². The highest BCUT2D eigenvalue weighted by Crippen LogP contribution is 2.26. The number of hydrogen-bond acceptors (Lipinski definition) is 4. The molecule has 0 aliphatic heterocycles. The zero-order valence-electron chi connectivity index (χ0n) is 14.4. The molecule has 5 nitrogen and oxygen atoms in total. The van der Waals surface area contributed by atoms with Gasteiger partial charge in [0.15, 0.2) is 0 Å². The summed E-state index contributed by atoms with van der Waals surface area (Å²) in [6, 6.07) is 2.54. The second kappa shape index (κ2) is 7.92. The van der Waals surface area contributed by atoms with Crippen LogP contribution in [-0.2, 0) is 11.2 Å². The molecule has 0 aliphatic rings. The van der Waals surface area contributed by atoms with Gasteiger partial charge in [0.25, 0.3) is 0 Å². The fourth-order valence-corrected chi connectivity index (χ4v) is 2.55. The molecule has 0 amide bonds. The molecule has 0 saturated heterocycles. The molecule has 1 rings (SSSR count). The maximum atomic E-state index is 5.93. The van der Waals surface area contributed by atoms with E-state index in [2.05, 4.69) is 51.2 Å². The third-order valence-corrected chi connectivity index (χ3v) is 3.91. The highest BCUT2D eigenvalue weighted by atomic mass is 16.5. The van der Waals surface area contributed by atoms with Crippen LogP contribution in [0.4, 0.5) is 0 Å². The van der Waals surface area contributed by atoms with E-state index in [1.165, 1.54) is 0 Å². The quantitative estimate of drug-likeness (QED) is 0.572. The average Bonchev–Trinajstić information content (AvgIpc) is 2.89. The summed E-state index contributed by atoms with van der Waals surface area (Å²) in [7, 11) is 0. The molecule has 0 spiro atoms. The molecule has 5 heteroatoms. The lowest BCUT2D eigenvalue weighted by Gasteiger charge is -2.36. The molecule has 3 unspecified atom stereocenters. The van der Waals surface area contributed by atoms with Crippen molar-refractivity contribution in [2.45, 2.75) is 72.6 Å². The van der Waals surface area contributed by atoms with E-state index >= 15 is 0 Å². The molecule has 1 heterocycles. The number of aromatic nitrogens is 2. The van der Waals surface area contributed by atoms with Crippen LogP contribution < -0.4 is 11.3 Å². The summed E-state index contributed by atoms with van der Waals surface area (Å²) in [6.07, 6.45) is 3.93. The van der Waals surface area contributed by atoms with Gasteiger partial charge in [0.2, 0.25) is 0 Å². The number of rotatable bonds is 8. The van der Waals surface area contributed by atoms with Crippen molar-refractivity contribution >= 4 is 0 Å². The van der Waals surface area contributed by atoms with Crippen molar-refractivity contribution in [2.75, 3.05) is 6.61 Å². The predicted octanol–water partition coefficient (Wildman–Crippen LogP) is 2.68. The third-order valence-electron chi connectivity index (χ3n) is 3.91. The highest BCUT2D eigenvalue weighted by Gasteiger charge is 2.33. The lowest BCUT2D eigenvalue weighted by molar-refractivity contribution is -0.0358. The smallest absolute Gasteiger partial charge is 0.0793 e. The molecule has 0 radical (unpaired) electrons. The SMILES string of the molecule is CCOC(C(Cc1ccn(C(C)CC)n1)NN)C(C)(C)C. The fourth-order valence-electron chi connectivity index (χ4n) is 2.55. The molecule has 3 atom stereocenters. The maximum Gasteiger partial charge on any atom is 0.0793 e. The van der Waals surface area contributed by atoms with Crippen molar-refractivity contribution in [2.24, 2.45) is 11.3 Å². The van der Waals surface area contributed by atoms with Crippen LogP contribution in [0.1, 0.15) is 59.7 Å². The van der Waals surface area contributed by atoms with Crippen LogP contribution in [0.2, 0.25) is 0 Å². The Hall–Kier alpha value is -0.910. The molecule has 0 aromatic carbocycles. The molecular weight excluding hydrogens is 264 g/mol. The van der Waals surface area contributed by atoms with Gasteiger partial charge in [-0.15, -0.1) is 0 Å². The first-order chi connectivity index (χ1) is 9.83. The summed E-state index contributed by atoms with van der Waals surface area (Å²) in [5, 5.41) is 4.66. The lowest BCUT2D eigenvalue weighted by Crippen LogP contribution is -2.52. The van der Waals surface area contributed by atoms with Gasteiger partial charge < -0.3 is 4.74 Å². The Bertz CT molecular complexity index is 411. The molecule has 3 N–H and O–H groups in total. The number of nitrogens with zero attached hydrogens (tertiary/aromatic N) is 2. The van der Waals surface area contributed by atoms with Crippen LogP contribution in [0.5, 0.6) is 0 Å². The van der Waals surface area contributed by atoms with E-state index in [9.17, 15) is 0 Å². The molecule has 1 aromatic rings. The zero-order chi connectivity index (χ0) is 16.0. The van der Waals surface area contributed by atoms with Crippen molar-refractivity contribution in [1.82, 2.24) is 15.2 Å². The highest BCUT2D eigenvalue weighted by molar-refractivity contribution is 5.04. The van der Waals surface area contributed by atoms with E-state index in [1.807, 2.05) is 17.8 Å². The van der Waals surface area contributed by atoms with E-state index < -0.39 is 0 Å². The first-order valence-corrected chi connectivity index (χ1v) is 7.95. The van der Waals surface area contributed by atoms with Crippen LogP contribution in [0.25, 0.3) is 0 Å².